The number of ether oxygens (including phenoxy) is 1. The highest BCUT2D eigenvalue weighted by Gasteiger charge is 2.10. The van der Waals surface area contributed by atoms with Crippen LogP contribution in [-0.2, 0) is 4.79 Å². The number of hydrogen-bond acceptors (Lipinski definition) is 4. The van der Waals surface area contributed by atoms with Crippen molar-refractivity contribution in [2.24, 2.45) is 0 Å². The first-order chi connectivity index (χ1) is 10.0. The molecule has 0 saturated carbocycles. The number of amides is 2. The molecule has 2 rings (SSSR count). The van der Waals surface area contributed by atoms with E-state index in [-0.39, 0.29) is 12.5 Å². The Kier molecular flexibility index (Phi) is 5.60. The second-order valence-corrected chi connectivity index (χ2v) is 6.75. The van der Waals surface area contributed by atoms with Gasteiger partial charge in [0.25, 0.3) is 11.8 Å². The van der Waals surface area contributed by atoms with Crippen molar-refractivity contribution in [1.82, 2.24) is 10.9 Å². The average molecular weight is 390 g/mol. The van der Waals surface area contributed by atoms with Crippen molar-refractivity contribution >= 4 is 50.7 Å². The number of nitrogens with one attached hydrogen (secondary N) is 2. The molecule has 5 nitrogen and oxygen atoms in total. The second kappa shape index (κ2) is 7.44. The Morgan fingerprint density at radius 2 is 1.86 bits per heavy atom. The predicted octanol–water partition coefficient (Wildman–Crippen LogP) is 3.00. The summed E-state index contributed by atoms with van der Waals surface area (Å²) < 4.78 is 6.08. The summed E-state index contributed by atoms with van der Waals surface area (Å²) in [5, 5.41) is 0.584. The molecule has 0 aliphatic heterocycles. The number of thiophene rings is 1. The number of benzene rings is 1. The molecule has 2 aromatic rings. The van der Waals surface area contributed by atoms with E-state index in [2.05, 4.69) is 26.8 Å². The fourth-order valence-corrected chi connectivity index (χ4v) is 2.75. The molecule has 1 aromatic heterocycles. The lowest BCUT2D eigenvalue weighted by Gasteiger charge is -2.08. The lowest BCUT2D eigenvalue weighted by molar-refractivity contribution is -0.123. The molecule has 0 spiro atoms. The van der Waals surface area contributed by atoms with Crippen molar-refractivity contribution in [2.45, 2.75) is 0 Å². The standard InChI is InChI=1S/C13H10BrClN2O3S/c14-11-6-5-10(21-11)13(19)17-16-12(18)7-20-9-3-1-8(15)2-4-9/h1-6H,7H2,(H,16,18)(H,17,19). The van der Waals surface area contributed by atoms with Crippen LogP contribution in [0.2, 0.25) is 5.02 Å². The number of carbonyl (C=O) groups is 2. The Labute approximate surface area is 138 Å². The Morgan fingerprint density at radius 3 is 2.48 bits per heavy atom. The van der Waals surface area contributed by atoms with E-state index in [4.69, 9.17) is 16.3 Å². The molecule has 0 saturated heterocycles. The van der Waals surface area contributed by atoms with Crippen molar-refractivity contribution in [1.29, 1.82) is 0 Å². The van der Waals surface area contributed by atoms with Crippen LogP contribution in [0.25, 0.3) is 0 Å². The Balaban J connectivity index is 1.74. The minimum atomic E-state index is -0.464. The molecule has 0 atom stereocenters. The molecular weight excluding hydrogens is 380 g/mol. The van der Waals surface area contributed by atoms with Gasteiger partial charge in [-0.15, -0.1) is 11.3 Å². The third kappa shape index (κ3) is 5.04. The zero-order valence-electron chi connectivity index (χ0n) is 10.6. The van der Waals surface area contributed by atoms with E-state index < -0.39 is 5.91 Å². The maximum atomic E-state index is 11.7. The van der Waals surface area contributed by atoms with Gasteiger partial charge < -0.3 is 4.74 Å². The molecule has 0 radical (unpaired) electrons. The average Bonchev–Trinajstić information content (AvgIpc) is 2.91. The highest BCUT2D eigenvalue weighted by atomic mass is 79.9. The van der Waals surface area contributed by atoms with E-state index in [9.17, 15) is 9.59 Å². The lowest BCUT2D eigenvalue weighted by Crippen LogP contribution is -2.43. The number of halogens is 2. The van der Waals surface area contributed by atoms with Crippen LogP contribution in [0.15, 0.2) is 40.2 Å². The molecule has 0 bridgehead atoms. The topological polar surface area (TPSA) is 67.4 Å². The maximum absolute atomic E-state index is 11.7. The van der Waals surface area contributed by atoms with Gasteiger partial charge >= 0.3 is 0 Å². The van der Waals surface area contributed by atoms with Crippen LogP contribution in [-0.4, -0.2) is 18.4 Å². The van der Waals surface area contributed by atoms with E-state index in [1.165, 1.54) is 11.3 Å². The molecule has 1 heterocycles. The van der Waals surface area contributed by atoms with E-state index in [1.54, 1.807) is 36.4 Å². The normalized spacial score (nSPS) is 10.0. The summed E-state index contributed by atoms with van der Waals surface area (Å²) in [4.78, 5) is 23.7. The lowest BCUT2D eigenvalue weighted by atomic mass is 10.3. The molecule has 8 heteroatoms. The zero-order chi connectivity index (χ0) is 15.2. The second-order valence-electron chi connectivity index (χ2n) is 3.85. The smallest absolute Gasteiger partial charge is 0.279 e. The molecule has 0 fully saturated rings. The molecule has 0 aliphatic carbocycles. The van der Waals surface area contributed by atoms with Crippen LogP contribution < -0.4 is 15.6 Å². The van der Waals surface area contributed by atoms with Gasteiger partial charge in [0.2, 0.25) is 0 Å². The highest BCUT2D eigenvalue weighted by Crippen LogP contribution is 2.21. The van der Waals surface area contributed by atoms with Crippen LogP contribution in [0.4, 0.5) is 0 Å². The Morgan fingerprint density at radius 1 is 1.14 bits per heavy atom. The Hall–Kier alpha value is -1.57. The van der Waals surface area contributed by atoms with Gasteiger partial charge in [-0.3, -0.25) is 20.4 Å². The van der Waals surface area contributed by atoms with Gasteiger partial charge in [-0.05, 0) is 52.3 Å². The third-order valence-corrected chi connectivity index (χ3v) is 4.17. The van der Waals surface area contributed by atoms with Crippen LogP contribution in [0, 0.1) is 0 Å². The van der Waals surface area contributed by atoms with Crippen LogP contribution >= 0.6 is 38.9 Å². The van der Waals surface area contributed by atoms with Crippen molar-refractivity contribution in [3.05, 3.63) is 50.1 Å². The van der Waals surface area contributed by atoms with Gasteiger partial charge in [0.15, 0.2) is 6.61 Å². The summed E-state index contributed by atoms with van der Waals surface area (Å²) in [5.41, 5.74) is 4.58. The molecule has 1 aromatic carbocycles. The van der Waals surface area contributed by atoms with Gasteiger partial charge in [-0.25, -0.2) is 0 Å². The summed E-state index contributed by atoms with van der Waals surface area (Å²) >= 11 is 10.3. The summed E-state index contributed by atoms with van der Waals surface area (Å²) in [6.07, 6.45) is 0. The first-order valence-corrected chi connectivity index (χ1v) is 7.76. The minimum Gasteiger partial charge on any atom is -0.484 e. The van der Waals surface area contributed by atoms with Gasteiger partial charge in [0, 0.05) is 5.02 Å². The van der Waals surface area contributed by atoms with Crippen molar-refractivity contribution < 1.29 is 14.3 Å². The molecular formula is C13H10BrClN2O3S. The molecule has 0 unspecified atom stereocenters. The molecule has 0 aliphatic rings. The monoisotopic (exact) mass is 388 g/mol. The highest BCUT2D eigenvalue weighted by molar-refractivity contribution is 9.11. The Bertz CT molecular complexity index is 645. The van der Waals surface area contributed by atoms with E-state index in [0.29, 0.717) is 15.6 Å². The fraction of sp³-hybridized carbons (Fsp3) is 0.0769. The van der Waals surface area contributed by atoms with Gasteiger partial charge in [-0.1, -0.05) is 11.6 Å². The van der Waals surface area contributed by atoms with Crippen molar-refractivity contribution in [3.8, 4) is 5.75 Å². The molecule has 110 valence electrons. The van der Waals surface area contributed by atoms with Crippen molar-refractivity contribution in [3.63, 3.8) is 0 Å². The minimum absolute atomic E-state index is 0.212. The fourth-order valence-electron chi connectivity index (χ4n) is 1.34. The quantitative estimate of drug-likeness (QED) is 0.790. The number of hydrogen-bond donors (Lipinski definition) is 2. The first-order valence-electron chi connectivity index (χ1n) is 5.77. The first kappa shape index (κ1) is 15.8. The van der Waals surface area contributed by atoms with E-state index in [1.807, 2.05) is 0 Å². The summed E-state index contributed by atoms with van der Waals surface area (Å²) in [5.74, 6) is -0.331. The summed E-state index contributed by atoms with van der Waals surface area (Å²) in [6, 6.07) is 10.0. The number of rotatable bonds is 4. The summed E-state index contributed by atoms with van der Waals surface area (Å²) in [6.45, 7) is -0.212. The van der Waals surface area contributed by atoms with Gasteiger partial charge in [0.05, 0.1) is 8.66 Å². The van der Waals surface area contributed by atoms with Crippen molar-refractivity contribution in [2.75, 3.05) is 6.61 Å². The molecule has 2 N–H and O–H groups in total. The summed E-state index contributed by atoms with van der Waals surface area (Å²) in [7, 11) is 0. The SMILES string of the molecule is O=C(COc1ccc(Cl)cc1)NNC(=O)c1ccc(Br)s1. The maximum Gasteiger partial charge on any atom is 0.279 e. The zero-order valence-corrected chi connectivity index (χ0v) is 13.7. The van der Waals surface area contributed by atoms with Crippen LogP contribution in [0.3, 0.4) is 0 Å². The van der Waals surface area contributed by atoms with Gasteiger partial charge in [0.1, 0.15) is 5.75 Å². The van der Waals surface area contributed by atoms with E-state index >= 15 is 0 Å². The van der Waals surface area contributed by atoms with Gasteiger partial charge in [-0.2, -0.15) is 0 Å². The third-order valence-electron chi connectivity index (χ3n) is 2.30. The van der Waals surface area contributed by atoms with Crippen LogP contribution in [0.1, 0.15) is 9.67 Å². The molecule has 21 heavy (non-hydrogen) atoms. The van der Waals surface area contributed by atoms with Crippen LogP contribution in [0.5, 0.6) is 5.75 Å². The number of carbonyl (C=O) groups excluding carboxylic acids is 2. The largest absolute Gasteiger partial charge is 0.484 e. The predicted molar refractivity (Wildman–Crippen MR) is 84.6 cm³/mol. The number of hydrazine groups is 1. The molecule has 2 amide bonds. The van der Waals surface area contributed by atoms with E-state index in [0.717, 1.165) is 3.79 Å².